The van der Waals surface area contributed by atoms with Gasteiger partial charge in [0.15, 0.2) is 0 Å². The van der Waals surface area contributed by atoms with Gasteiger partial charge in [0.1, 0.15) is 17.1 Å². The highest BCUT2D eigenvalue weighted by atomic mass is 16.5. The van der Waals surface area contributed by atoms with Gasteiger partial charge in [0.25, 0.3) is 0 Å². The van der Waals surface area contributed by atoms with Gasteiger partial charge in [-0.25, -0.2) is 0 Å². The molecule has 0 aromatic heterocycles. The summed E-state index contributed by atoms with van der Waals surface area (Å²) in [6.45, 7) is 6.42. The minimum atomic E-state index is -0.102. The monoisotopic (exact) mass is 192 g/mol. The Kier molecular flexibility index (Phi) is 1.95. The van der Waals surface area contributed by atoms with Crippen molar-refractivity contribution in [3.05, 3.63) is 23.8 Å². The van der Waals surface area contributed by atoms with Crippen molar-refractivity contribution in [3.8, 4) is 11.5 Å². The fourth-order valence-electron chi connectivity index (χ4n) is 1.83. The zero-order valence-electron chi connectivity index (χ0n) is 9.13. The summed E-state index contributed by atoms with van der Waals surface area (Å²) in [5.41, 5.74) is 1.14. The third kappa shape index (κ3) is 1.26. The van der Waals surface area contributed by atoms with Gasteiger partial charge in [0, 0.05) is 11.5 Å². The molecule has 0 N–H and O–H groups in total. The zero-order valence-corrected chi connectivity index (χ0v) is 9.13. The van der Waals surface area contributed by atoms with Crippen LogP contribution in [0, 0.1) is 0 Å². The summed E-state index contributed by atoms with van der Waals surface area (Å²) in [5, 5.41) is 0. The number of fused-ring (bicyclic) bond motifs is 1. The van der Waals surface area contributed by atoms with Crippen molar-refractivity contribution in [2.45, 2.75) is 32.3 Å². The number of rotatable bonds is 1. The normalized spacial score (nSPS) is 22.7. The molecule has 2 nitrogen and oxygen atoms in total. The van der Waals surface area contributed by atoms with Gasteiger partial charge in [-0.15, -0.1) is 0 Å². The molecule has 1 aromatic rings. The third-order valence-corrected chi connectivity index (χ3v) is 3.10. The first-order chi connectivity index (χ1) is 6.54. The lowest BCUT2D eigenvalue weighted by Gasteiger charge is -2.22. The highest BCUT2D eigenvalue weighted by Gasteiger charge is 2.37. The van der Waals surface area contributed by atoms with Crippen LogP contribution in [-0.4, -0.2) is 12.7 Å². The van der Waals surface area contributed by atoms with Crippen LogP contribution in [0.25, 0.3) is 0 Å². The van der Waals surface area contributed by atoms with Gasteiger partial charge in [-0.3, -0.25) is 0 Å². The Hall–Kier alpha value is -1.18. The van der Waals surface area contributed by atoms with Gasteiger partial charge in [-0.05, 0) is 32.0 Å². The molecule has 0 bridgehead atoms. The maximum Gasteiger partial charge on any atom is 0.124 e. The van der Waals surface area contributed by atoms with Crippen molar-refractivity contribution in [1.29, 1.82) is 0 Å². The molecule has 0 unspecified atom stereocenters. The van der Waals surface area contributed by atoms with Crippen molar-refractivity contribution >= 4 is 0 Å². The second-order valence-electron chi connectivity index (χ2n) is 4.33. The van der Waals surface area contributed by atoms with Crippen LogP contribution in [0.1, 0.15) is 32.3 Å². The molecular formula is C12H16O2. The number of benzene rings is 1. The highest BCUT2D eigenvalue weighted by molar-refractivity contribution is 5.46. The van der Waals surface area contributed by atoms with Crippen molar-refractivity contribution in [2.75, 3.05) is 7.11 Å². The molecule has 0 aliphatic carbocycles. The minimum absolute atomic E-state index is 0.102. The molecule has 0 amide bonds. The zero-order chi connectivity index (χ0) is 10.3. The summed E-state index contributed by atoms with van der Waals surface area (Å²) in [6.07, 6.45) is 0. The number of ether oxygens (including phenoxy) is 2. The van der Waals surface area contributed by atoms with E-state index in [9.17, 15) is 0 Å². The van der Waals surface area contributed by atoms with E-state index in [0.717, 1.165) is 11.5 Å². The van der Waals surface area contributed by atoms with Crippen LogP contribution in [0.15, 0.2) is 18.2 Å². The Bertz CT molecular complexity index is 355. The van der Waals surface area contributed by atoms with Crippen LogP contribution >= 0.6 is 0 Å². The molecule has 14 heavy (non-hydrogen) atoms. The van der Waals surface area contributed by atoms with Crippen LogP contribution in [0.2, 0.25) is 0 Å². The third-order valence-electron chi connectivity index (χ3n) is 3.10. The SMILES string of the molecule is COc1ccc2c(c1)[C@H](C)C(C)(C)O2. The Morgan fingerprint density at radius 2 is 2.07 bits per heavy atom. The van der Waals surface area contributed by atoms with E-state index in [1.54, 1.807) is 7.11 Å². The standard InChI is InChI=1S/C12H16O2/c1-8-10-7-9(13-4)5-6-11(10)14-12(8,2)3/h5-8H,1-4H3/t8-/m0/s1. The molecule has 1 aliphatic heterocycles. The smallest absolute Gasteiger partial charge is 0.124 e. The van der Waals surface area contributed by atoms with Crippen LogP contribution in [0.5, 0.6) is 11.5 Å². The van der Waals surface area contributed by atoms with Gasteiger partial charge in [0.2, 0.25) is 0 Å². The lowest BCUT2D eigenvalue weighted by molar-refractivity contribution is 0.116. The molecule has 0 radical (unpaired) electrons. The van der Waals surface area contributed by atoms with Crippen molar-refractivity contribution in [3.63, 3.8) is 0 Å². The van der Waals surface area contributed by atoms with E-state index in [0.29, 0.717) is 5.92 Å². The topological polar surface area (TPSA) is 18.5 Å². The molecule has 1 heterocycles. The second kappa shape index (κ2) is 2.91. The van der Waals surface area contributed by atoms with E-state index >= 15 is 0 Å². The lowest BCUT2D eigenvalue weighted by atomic mass is 9.89. The molecule has 2 rings (SSSR count). The first kappa shape index (κ1) is 9.38. The molecule has 0 saturated carbocycles. The van der Waals surface area contributed by atoms with Crippen molar-refractivity contribution in [1.82, 2.24) is 0 Å². The maximum atomic E-state index is 5.85. The van der Waals surface area contributed by atoms with Crippen LogP contribution in [0.3, 0.4) is 0 Å². The summed E-state index contributed by atoms with van der Waals surface area (Å²) in [4.78, 5) is 0. The van der Waals surface area contributed by atoms with E-state index < -0.39 is 0 Å². The summed E-state index contributed by atoms with van der Waals surface area (Å²) in [5.74, 6) is 2.30. The lowest BCUT2D eigenvalue weighted by Crippen LogP contribution is -2.28. The van der Waals surface area contributed by atoms with E-state index in [4.69, 9.17) is 9.47 Å². The van der Waals surface area contributed by atoms with E-state index in [1.165, 1.54) is 5.56 Å². The fraction of sp³-hybridized carbons (Fsp3) is 0.500. The summed E-state index contributed by atoms with van der Waals surface area (Å²) in [7, 11) is 1.69. The molecule has 1 atom stereocenters. The molecule has 0 fully saturated rings. The molecule has 0 saturated heterocycles. The van der Waals surface area contributed by atoms with E-state index in [-0.39, 0.29) is 5.60 Å². The second-order valence-corrected chi connectivity index (χ2v) is 4.33. The van der Waals surface area contributed by atoms with Crippen molar-refractivity contribution in [2.24, 2.45) is 0 Å². The van der Waals surface area contributed by atoms with Crippen LogP contribution in [-0.2, 0) is 0 Å². The average Bonchev–Trinajstić information content (AvgIpc) is 2.38. The van der Waals surface area contributed by atoms with Gasteiger partial charge in [-0.2, -0.15) is 0 Å². The summed E-state index contributed by atoms with van der Waals surface area (Å²) < 4.78 is 11.1. The Labute approximate surface area is 84.8 Å². The minimum Gasteiger partial charge on any atom is -0.497 e. The Morgan fingerprint density at radius 1 is 1.36 bits per heavy atom. The quantitative estimate of drug-likeness (QED) is 0.681. The Balaban J connectivity index is 2.45. The fourth-order valence-corrected chi connectivity index (χ4v) is 1.83. The summed E-state index contributed by atoms with van der Waals surface area (Å²) in [6, 6.07) is 5.99. The van der Waals surface area contributed by atoms with Gasteiger partial charge >= 0.3 is 0 Å². The molecular weight excluding hydrogens is 176 g/mol. The van der Waals surface area contributed by atoms with Crippen molar-refractivity contribution < 1.29 is 9.47 Å². The van der Waals surface area contributed by atoms with Crippen LogP contribution < -0.4 is 9.47 Å². The Morgan fingerprint density at radius 3 is 2.71 bits per heavy atom. The largest absolute Gasteiger partial charge is 0.497 e. The van der Waals surface area contributed by atoms with Gasteiger partial charge in [-0.1, -0.05) is 6.92 Å². The predicted octanol–water partition coefficient (Wildman–Crippen LogP) is 2.97. The van der Waals surface area contributed by atoms with E-state index in [2.05, 4.69) is 26.8 Å². The van der Waals surface area contributed by atoms with E-state index in [1.807, 2.05) is 12.1 Å². The van der Waals surface area contributed by atoms with Gasteiger partial charge < -0.3 is 9.47 Å². The summed E-state index contributed by atoms with van der Waals surface area (Å²) >= 11 is 0. The first-order valence-electron chi connectivity index (χ1n) is 4.91. The number of hydrogen-bond donors (Lipinski definition) is 0. The number of hydrogen-bond acceptors (Lipinski definition) is 2. The van der Waals surface area contributed by atoms with Gasteiger partial charge in [0.05, 0.1) is 7.11 Å². The number of methoxy groups -OCH3 is 1. The predicted molar refractivity (Wildman–Crippen MR) is 56.1 cm³/mol. The van der Waals surface area contributed by atoms with Crippen LogP contribution in [0.4, 0.5) is 0 Å². The molecule has 1 aliphatic rings. The molecule has 76 valence electrons. The molecule has 0 spiro atoms. The first-order valence-corrected chi connectivity index (χ1v) is 4.91. The molecule has 2 heteroatoms. The molecule has 1 aromatic carbocycles. The maximum absolute atomic E-state index is 5.85. The highest BCUT2D eigenvalue weighted by Crippen LogP contribution is 2.45. The average molecular weight is 192 g/mol.